The van der Waals surface area contributed by atoms with Crippen molar-refractivity contribution in [3.05, 3.63) is 140 Å². The Balaban J connectivity index is 1.24. The van der Waals surface area contributed by atoms with Crippen LogP contribution in [0.1, 0.15) is 0 Å². The Labute approximate surface area is 221 Å². The van der Waals surface area contributed by atoms with Gasteiger partial charge in [0.1, 0.15) is 11.3 Å². The van der Waals surface area contributed by atoms with Gasteiger partial charge in [-0.2, -0.15) is 0 Å². The molecule has 2 heterocycles. The predicted octanol–water partition coefficient (Wildman–Crippen LogP) is 9.73. The van der Waals surface area contributed by atoms with Crippen LogP contribution in [-0.2, 0) is 0 Å². The van der Waals surface area contributed by atoms with E-state index in [0.717, 1.165) is 50.1 Å². The molecule has 3 heteroatoms. The van der Waals surface area contributed by atoms with Crippen molar-refractivity contribution in [2.24, 2.45) is 0 Å². The molecular formula is C35H24N2O. The van der Waals surface area contributed by atoms with Crippen LogP contribution < -0.4 is 5.32 Å². The van der Waals surface area contributed by atoms with E-state index in [1.165, 1.54) is 16.7 Å². The highest BCUT2D eigenvalue weighted by Gasteiger charge is 2.13. The number of hydrogen-bond donors (Lipinski definition) is 1. The molecule has 7 rings (SSSR count). The fourth-order valence-corrected chi connectivity index (χ4v) is 5.04. The van der Waals surface area contributed by atoms with E-state index in [0.29, 0.717) is 0 Å². The molecule has 3 nitrogen and oxygen atoms in total. The zero-order valence-corrected chi connectivity index (χ0v) is 20.6. The summed E-state index contributed by atoms with van der Waals surface area (Å²) in [5.41, 5.74) is 10.3. The van der Waals surface area contributed by atoms with Crippen LogP contribution in [0.5, 0.6) is 0 Å². The van der Waals surface area contributed by atoms with Crippen molar-refractivity contribution >= 4 is 33.3 Å². The Morgan fingerprint density at radius 2 is 1.21 bits per heavy atom. The Hall–Kier alpha value is -5.15. The van der Waals surface area contributed by atoms with Gasteiger partial charge in [0.25, 0.3) is 0 Å². The predicted molar refractivity (Wildman–Crippen MR) is 158 cm³/mol. The molecule has 0 fully saturated rings. The molecule has 0 aliphatic rings. The molecule has 0 amide bonds. The van der Waals surface area contributed by atoms with E-state index in [2.05, 4.69) is 107 Å². The van der Waals surface area contributed by atoms with E-state index >= 15 is 0 Å². The number of fused-ring (bicyclic) bond motifs is 3. The summed E-state index contributed by atoms with van der Waals surface area (Å²) in [7, 11) is 0. The molecule has 0 spiro atoms. The van der Waals surface area contributed by atoms with Crippen molar-refractivity contribution in [1.82, 2.24) is 4.98 Å². The van der Waals surface area contributed by atoms with Crippen LogP contribution in [0.25, 0.3) is 55.4 Å². The van der Waals surface area contributed by atoms with Crippen molar-refractivity contribution in [2.45, 2.75) is 0 Å². The number of pyridine rings is 1. The summed E-state index contributed by atoms with van der Waals surface area (Å²) in [5, 5.41) is 5.83. The molecule has 2 aromatic heterocycles. The van der Waals surface area contributed by atoms with Crippen molar-refractivity contribution in [3.8, 4) is 33.5 Å². The van der Waals surface area contributed by atoms with Crippen LogP contribution in [0.2, 0.25) is 0 Å². The summed E-state index contributed by atoms with van der Waals surface area (Å²) in [6, 6.07) is 46.1. The SMILES string of the molecule is c1ccc(-c2ccc(Nc3ccc(-c4nccc5c4oc4ccccc45)cc3)c(-c3ccccc3)c2)cc1. The molecule has 0 unspecified atom stereocenters. The number of para-hydroxylation sites is 1. The topological polar surface area (TPSA) is 38.1 Å². The van der Waals surface area contributed by atoms with Gasteiger partial charge in [-0.05, 0) is 53.1 Å². The molecule has 7 aromatic rings. The van der Waals surface area contributed by atoms with Crippen molar-refractivity contribution in [1.29, 1.82) is 0 Å². The zero-order valence-electron chi connectivity index (χ0n) is 20.6. The van der Waals surface area contributed by atoms with Gasteiger partial charge in [0.05, 0.1) is 0 Å². The lowest BCUT2D eigenvalue weighted by Gasteiger charge is -2.15. The fourth-order valence-electron chi connectivity index (χ4n) is 5.04. The molecule has 0 atom stereocenters. The molecule has 0 aliphatic carbocycles. The van der Waals surface area contributed by atoms with E-state index in [9.17, 15) is 0 Å². The zero-order chi connectivity index (χ0) is 25.3. The van der Waals surface area contributed by atoms with E-state index in [4.69, 9.17) is 4.42 Å². The molecule has 0 aliphatic heterocycles. The monoisotopic (exact) mass is 488 g/mol. The third kappa shape index (κ3) is 4.00. The number of anilines is 2. The minimum Gasteiger partial charge on any atom is -0.454 e. The number of benzene rings is 5. The van der Waals surface area contributed by atoms with Crippen LogP contribution in [0, 0.1) is 0 Å². The Bertz CT molecular complexity index is 1870. The molecule has 0 radical (unpaired) electrons. The van der Waals surface area contributed by atoms with Crippen LogP contribution in [0.3, 0.4) is 0 Å². The van der Waals surface area contributed by atoms with Crippen molar-refractivity contribution in [3.63, 3.8) is 0 Å². The van der Waals surface area contributed by atoms with E-state index in [-0.39, 0.29) is 0 Å². The van der Waals surface area contributed by atoms with Gasteiger partial charge in [0.2, 0.25) is 0 Å². The van der Waals surface area contributed by atoms with Crippen molar-refractivity contribution in [2.75, 3.05) is 5.32 Å². The van der Waals surface area contributed by atoms with Gasteiger partial charge in [-0.1, -0.05) is 97.1 Å². The minimum absolute atomic E-state index is 0.817. The molecule has 180 valence electrons. The van der Waals surface area contributed by atoms with Gasteiger partial charge in [-0.25, -0.2) is 0 Å². The fraction of sp³-hybridized carbons (Fsp3) is 0. The number of aromatic nitrogens is 1. The number of nitrogens with one attached hydrogen (secondary N) is 1. The highest BCUT2D eigenvalue weighted by molar-refractivity contribution is 6.08. The summed E-state index contributed by atoms with van der Waals surface area (Å²) < 4.78 is 6.20. The number of nitrogens with zero attached hydrogens (tertiary/aromatic N) is 1. The lowest BCUT2D eigenvalue weighted by Crippen LogP contribution is -1.94. The third-order valence-electron chi connectivity index (χ3n) is 6.94. The van der Waals surface area contributed by atoms with E-state index in [1.807, 2.05) is 42.6 Å². The summed E-state index contributed by atoms with van der Waals surface area (Å²) >= 11 is 0. The molecule has 0 saturated heterocycles. The highest BCUT2D eigenvalue weighted by atomic mass is 16.3. The second-order valence-electron chi connectivity index (χ2n) is 9.33. The Kier molecular flexibility index (Phi) is 5.45. The first-order valence-corrected chi connectivity index (χ1v) is 12.7. The van der Waals surface area contributed by atoms with Gasteiger partial charge >= 0.3 is 0 Å². The average molecular weight is 489 g/mol. The van der Waals surface area contributed by atoms with E-state index in [1.54, 1.807) is 0 Å². The Morgan fingerprint density at radius 3 is 2.00 bits per heavy atom. The first-order valence-electron chi connectivity index (χ1n) is 12.7. The minimum atomic E-state index is 0.817. The second-order valence-corrected chi connectivity index (χ2v) is 9.33. The maximum Gasteiger partial charge on any atom is 0.161 e. The Morgan fingerprint density at radius 1 is 0.526 bits per heavy atom. The van der Waals surface area contributed by atoms with E-state index < -0.39 is 0 Å². The van der Waals surface area contributed by atoms with Crippen LogP contribution in [-0.4, -0.2) is 4.98 Å². The summed E-state index contributed by atoms with van der Waals surface area (Å²) in [4.78, 5) is 4.66. The van der Waals surface area contributed by atoms with Gasteiger partial charge in [-0.15, -0.1) is 0 Å². The molecular weight excluding hydrogens is 464 g/mol. The third-order valence-corrected chi connectivity index (χ3v) is 6.94. The molecule has 0 bridgehead atoms. The van der Waals surface area contributed by atoms with Gasteiger partial charge < -0.3 is 9.73 Å². The quantitative estimate of drug-likeness (QED) is 0.262. The maximum absolute atomic E-state index is 6.20. The normalized spacial score (nSPS) is 11.2. The van der Waals surface area contributed by atoms with Gasteiger partial charge in [0.15, 0.2) is 5.58 Å². The average Bonchev–Trinajstić information content (AvgIpc) is 3.38. The van der Waals surface area contributed by atoms with Crippen LogP contribution >= 0.6 is 0 Å². The molecule has 38 heavy (non-hydrogen) atoms. The van der Waals surface area contributed by atoms with Crippen LogP contribution in [0.15, 0.2) is 144 Å². The highest BCUT2D eigenvalue weighted by Crippen LogP contribution is 2.37. The lowest BCUT2D eigenvalue weighted by molar-refractivity contribution is 0.668. The van der Waals surface area contributed by atoms with Crippen molar-refractivity contribution < 1.29 is 4.42 Å². The number of rotatable bonds is 5. The maximum atomic E-state index is 6.20. The summed E-state index contributed by atoms with van der Waals surface area (Å²) in [5.74, 6) is 0. The number of hydrogen-bond acceptors (Lipinski definition) is 3. The lowest BCUT2D eigenvalue weighted by atomic mass is 9.97. The largest absolute Gasteiger partial charge is 0.454 e. The standard InChI is InChI=1S/C35H24N2O/c1-3-9-24(10-4-1)27-17-20-32(31(23-27)25-11-5-2-6-12-25)37-28-18-15-26(16-19-28)34-35-30(21-22-36-34)29-13-7-8-14-33(29)38-35/h1-23,37H. The molecule has 5 aromatic carbocycles. The second kappa shape index (κ2) is 9.38. The summed E-state index contributed by atoms with van der Waals surface area (Å²) in [6.45, 7) is 0. The van der Waals surface area contributed by atoms with Gasteiger partial charge in [0, 0.05) is 39.5 Å². The first-order chi connectivity index (χ1) is 18.8. The van der Waals surface area contributed by atoms with Gasteiger partial charge in [-0.3, -0.25) is 4.98 Å². The number of furan rings is 1. The molecule has 0 saturated carbocycles. The summed E-state index contributed by atoms with van der Waals surface area (Å²) in [6.07, 6.45) is 1.85. The first kappa shape index (κ1) is 22.1. The molecule has 1 N–H and O–H groups in total. The smallest absolute Gasteiger partial charge is 0.161 e. The van der Waals surface area contributed by atoms with Crippen LogP contribution in [0.4, 0.5) is 11.4 Å².